The number of aromatic hydroxyl groups is 1. The Hall–Kier alpha value is -5.06. The highest BCUT2D eigenvalue weighted by Crippen LogP contribution is 2.42. The van der Waals surface area contributed by atoms with Crippen molar-refractivity contribution in [1.82, 2.24) is 15.2 Å². The van der Waals surface area contributed by atoms with Gasteiger partial charge in [-0.1, -0.05) is 39.0 Å². The number of ether oxygens (including phenoxy) is 3. The number of phenols is 1. The summed E-state index contributed by atoms with van der Waals surface area (Å²) in [6, 6.07) is 19.2. The van der Waals surface area contributed by atoms with Crippen LogP contribution in [0.15, 0.2) is 76.2 Å². The van der Waals surface area contributed by atoms with E-state index in [0.29, 0.717) is 64.4 Å². The van der Waals surface area contributed by atoms with Gasteiger partial charge in [-0.2, -0.15) is 5.26 Å². The number of pyridine rings is 1. The van der Waals surface area contributed by atoms with E-state index in [4.69, 9.17) is 18.6 Å². The predicted octanol–water partition coefficient (Wildman–Crippen LogP) is 8.36. The van der Waals surface area contributed by atoms with Gasteiger partial charge >= 0.3 is 12.1 Å². The molecule has 1 fully saturated rings. The summed E-state index contributed by atoms with van der Waals surface area (Å²) in [7, 11) is 1.16. The van der Waals surface area contributed by atoms with Crippen molar-refractivity contribution in [3.63, 3.8) is 0 Å². The number of H-pyrrole nitrogens is 1. The molecule has 0 saturated heterocycles. The molecular formula is C46H57N5O9S2Si. The zero-order valence-corrected chi connectivity index (χ0v) is 39.4. The molecule has 336 valence electrons. The summed E-state index contributed by atoms with van der Waals surface area (Å²) in [6.07, 6.45) is 1.34. The van der Waals surface area contributed by atoms with E-state index in [1.807, 2.05) is 23.9 Å². The summed E-state index contributed by atoms with van der Waals surface area (Å²) >= 11 is 2.63. The van der Waals surface area contributed by atoms with Gasteiger partial charge in [-0.25, -0.2) is 9.59 Å². The number of likely N-dealkylation sites (N-methyl/N-ethyl adjacent to an activating group) is 1. The van der Waals surface area contributed by atoms with Crippen LogP contribution in [0.1, 0.15) is 79.0 Å². The zero-order chi connectivity index (χ0) is 45.5. The Morgan fingerprint density at radius 1 is 1.03 bits per heavy atom. The van der Waals surface area contributed by atoms with Crippen LogP contribution in [0.4, 0.5) is 10.5 Å². The van der Waals surface area contributed by atoms with Crippen molar-refractivity contribution < 1.29 is 38.4 Å². The van der Waals surface area contributed by atoms with Crippen LogP contribution in [-0.4, -0.2) is 86.5 Å². The second-order valence-electron chi connectivity index (χ2n) is 17.3. The number of aromatic nitrogens is 1. The largest absolute Gasteiger partial charge is 0.506 e. The van der Waals surface area contributed by atoms with Gasteiger partial charge in [0.1, 0.15) is 30.3 Å². The van der Waals surface area contributed by atoms with Crippen LogP contribution in [0.2, 0.25) is 18.1 Å². The van der Waals surface area contributed by atoms with Crippen molar-refractivity contribution >= 4 is 59.6 Å². The first-order valence-electron chi connectivity index (χ1n) is 20.9. The fourth-order valence-corrected chi connectivity index (χ4v) is 10.5. The van der Waals surface area contributed by atoms with Crippen LogP contribution < -0.4 is 20.9 Å². The highest BCUT2D eigenvalue weighted by Gasteiger charge is 2.45. The Morgan fingerprint density at radius 2 is 1.71 bits per heavy atom. The number of methoxy groups -OCH3 is 1. The number of anilines is 1. The first kappa shape index (κ1) is 47.4. The number of hydrogen-bond acceptors (Lipinski definition) is 14. The number of nitrogens with one attached hydrogen (secondary N) is 3. The monoisotopic (exact) mass is 915 g/mol. The SMILES string of the molecule is COc1cc(NC(=O)OCCN(C)C2CCC(OC(=O)C(O)(c3cccs3)c3cccs3)CC2)c(C#N)cc1CNC[C@@H](O[Si](C)(C)C(C)(C)C)c1ccc(O)c2[nH]c(=O)ccc12. The maximum atomic E-state index is 13.4. The highest BCUT2D eigenvalue weighted by atomic mass is 32.1. The van der Waals surface area contributed by atoms with Gasteiger partial charge < -0.3 is 44.1 Å². The molecule has 3 heterocycles. The highest BCUT2D eigenvalue weighted by molar-refractivity contribution is 7.12. The first-order chi connectivity index (χ1) is 29.9. The molecule has 1 amide bonds. The van der Waals surface area contributed by atoms with Gasteiger partial charge in [-0.05, 0) is 97.5 Å². The Labute approximate surface area is 376 Å². The Balaban J connectivity index is 1.02. The Morgan fingerprint density at radius 3 is 2.32 bits per heavy atom. The summed E-state index contributed by atoms with van der Waals surface area (Å²) < 4.78 is 24.1. The summed E-state index contributed by atoms with van der Waals surface area (Å²) in [5, 5.41) is 42.7. The van der Waals surface area contributed by atoms with Crippen molar-refractivity contribution in [2.75, 3.05) is 39.2 Å². The van der Waals surface area contributed by atoms with Gasteiger partial charge in [0.15, 0.2) is 8.32 Å². The summed E-state index contributed by atoms with van der Waals surface area (Å²) in [6.45, 7) is 12.0. The molecule has 0 spiro atoms. The number of aliphatic hydroxyl groups is 1. The molecule has 1 aliphatic carbocycles. The minimum Gasteiger partial charge on any atom is -0.506 e. The molecule has 0 bridgehead atoms. The molecule has 1 aliphatic rings. The third-order valence-corrected chi connectivity index (χ3v) is 18.6. The molecule has 63 heavy (non-hydrogen) atoms. The zero-order valence-electron chi connectivity index (χ0n) is 36.8. The normalized spacial score (nSPS) is 16.4. The molecule has 5 aromatic rings. The van der Waals surface area contributed by atoms with E-state index < -0.39 is 32.1 Å². The second-order valence-corrected chi connectivity index (χ2v) is 24.0. The van der Waals surface area contributed by atoms with E-state index >= 15 is 0 Å². The third-order valence-electron chi connectivity index (χ3n) is 12.2. The topological polar surface area (TPSA) is 195 Å². The van der Waals surface area contributed by atoms with E-state index in [9.17, 15) is 29.9 Å². The molecule has 1 atom stereocenters. The van der Waals surface area contributed by atoms with E-state index in [-0.39, 0.29) is 46.4 Å². The maximum Gasteiger partial charge on any atom is 0.411 e. The van der Waals surface area contributed by atoms with E-state index in [1.54, 1.807) is 48.5 Å². The average Bonchev–Trinajstić information content (AvgIpc) is 4.00. The van der Waals surface area contributed by atoms with Crippen molar-refractivity contribution in [3.8, 4) is 17.6 Å². The smallest absolute Gasteiger partial charge is 0.411 e. The summed E-state index contributed by atoms with van der Waals surface area (Å²) in [5.74, 6) is -0.239. The van der Waals surface area contributed by atoms with Gasteiger partial charge in [0.25, 0.3) is 0 Å². The van der Waals surface area contributed by atoms with Crippen molar-refractivity contribution in [3.05, 3.63) is 108 Å². The lowest BCUT2D eigenvalue weighted by Gasteiger charge is -2.39. The van der Waals surface area contributed by atoms with Crippen LogP contribution in [0.3, 0.4) is 0 Å². The van der Waals surface area contributed by atoms with Crippen molar-refractivity contribution in [2.45, 2.75) is 95.0 Å². The van der Waals surface area contributed by atoms with Gasteiger partial charge in [0.05, 0.1) is 39.7 Å². The number of thiophene rings is 2. The molecule has 14 nitrogen and oxygen atoms in total. The quantitative estimate of drug-likeness (QED) is 0.0443. The molecule has 0 radical (unpaired) electrons. The molecule has 5 N–H and O–H groups in total. The molecule has 0 aliphatic heterocycles. The van der Waals surface area contributed by atoms with Crippen molar-refractivity contribution in [2.24, 2.45) is 0 Å². The molecule has 17 heteroatoms. The van der Waals surface area contributed by atoms with Gasteiger partial charge in [-0.3, -0.25) is 10.1 Å². The molecular weight excluding hydrogens is 859 g/mol. The average molecular weight is 916 g/mol. The number of fused-ring (bicyclic) bond motifs is 1. The molecule has 6 rings (SSSR count). The van der Waals surface area contributed by atoms with E-state index in [2.05, 4.69) is 60.5 Å². The Kier molecular flexibility index (Phi) is 15.2. The number of phenolic OH excluding ortho intramolecular Hbond substituents is 1. The lowest BCUT2D eigenvalue weighted by molar-refractivity contribution is -0.169. The fraction of sp³-hybridized carbons (Fsp3) is 0.435. The van der Waals surface area contributed by atoms with Crippen LogP contribution >= 0.6 is 22.7 Å². The number of esters is 1. The minimum atomic E-state index is -2.32. The number of nitrogens with zero attached hydrogens (tertiary/aromatic N) is 2. The third kappa shape index (κ3) is 11.0. The summed E-state index contributed by atoms with van der Waals surface area (Å²) in [5.41, 5.74) is 0.154. The molecule has 1 saturated carbocycles. The number of amides is 1. The van der Waals surface area contributed by atoms with E-state index in [1.165, 1.54) is 35.8 Å². The summed E-state index contributed by atoms with van der Waals surface area (Å²) in [4.78, 5) is 44.5. The second kappa shape index (κ2) is 20.2. The fourth-order valence-electron chi connectivity index (χ4n) is 7.52. The van der Waals surface area contributed by atoms with Crippen molar-refractivity contribution in [1.29, 1.82) is 5.26 Å². The Bertz CT molecular complexity index is 2420. The minimum absolute atomic E-state index is 0.0310. The lowest BCUT2D eigenvalue weighted by atomic mass is 9.91. The van der Waals surface area contributed by atoms with Gasteiger partial charge in [0, 0.05) is 48.8 Å². The standard InChI is InChI=1S/C46H57N5O9S2Si/c1-45(2,3)63(6,7)60-38(33-16-18-36(52)42-34(33)17-19-41(53)50-42)28-48-27-30-24-29(26-47)35(25-37(30)57-5)49-44(55)58-21-20-51(4)31-12-14-32(15-13-31)59-43(54)46(56,39-10-8-22-61-39)40-11-9-23-62-40/h8-11,16-19,22-25,31-32,38,48,52,56H,12-15,20-21,27-28H2,1-7H3,(H,49,55)(H,50,53)/t31?,32?,38-/m1/s1. The molecule has 0 unspecified atom stereocenters. The number of carbonyl (C=O) groups excluding carboxylic acids is 2. The number of aromatic amines is 1. The maximum absolute atomic E-state index is 13.4. The van der Waals surface area contributed by atoms with Crippen LogP contribution in [-0.2, 0) is 30.8 Å². The number of hydrogen-bond donors (Lipinski definition) is 5. The van der Waals surface area contributed by atoms with Gasteiger partial charge in [-0.15, -0.1) is 22.7 Å². The number of carbonyl (C=O) groups is 2. The molecule has 3 aromatic heterocycles. The van der Waals surface area contributed by atoms with Gasteiger partial charge in [0.2, 0.25) is 11.2 Å². The number of rotatable bonds is 17. The first-order valence-corrected chi connectivity index (χ1v) is 25.6. The molecule has 2 aromatic carbocycles. The van der Waals surface area contributed by atoms with Crippen LogP contribution in [0, 0.1) is 11.3 Å². The van der Waals surface area contributed by atoms with Crippen LogP contribution in [0.5, 0.6) is 11.5 Å². The van der Waals surface area contributed by atoms with E-state index in [0.717, 1.165) is 18.4 Å². The number of benzene rings is 2. The van der Waals surface area contributed by atoms with Crippen LogP contribution in [0.25, 0.3) is 10.9 Å². The number of nitriles is 1. The lowest BCUT2D eigenvalue weighted by Crippen LogP contribution is -2.43. The predicted molar refractivity (Wildman–Crippen MR) is 248 cm³/mol.